The highest BCUT2D eigenvalue weighted by Gasteiger charge is 2.17. The summed E-state index contributed by atoms with van der Waals surface area (Å²) in [6, 6.07) is 10.9. The highest BCUT2D eigenvalue weighted by molar-refractivity contribution is 6.08. The van der Waals surface area contributed by atoms with Gasteiger partial charge in [-0.15, -0.1) is 0 Å². The molecule has 0 aliphatic carbocycles. The van der Waals surface area contributed by atoms with Crippen LogP contribution >= 0.6 is 0 Å². The zero-order valence-corrected chi connectivity index (χ0v) is 16.0. The first kappa shape index (κ1) is 19.7. The molecule has 0 spiro atoms. The van der Waals surface area contributed by atoms with E-state index in [0.29, 0.717) is 33.3 Å². The van der Waals surface area contributed by atoms with Gasteiger partial charge >= 0.3 is 0 Å². The molecule has 0 saturated carbocycles. The van der Waals surface area contributed by atoms with E-state index in [2.05, 4.69) is 15.0 Å². The van der Waals surface area contributed by atoms with Crippen LogP contribution < -0.4 is 5.73 Å². The maximum atomic E-state index is 14.7. The van der Waals surface area contributed by atoms with Crippen molar-refractivity contribution in [3.63, 3.8) is 0 Å². The number of halogens is 1. The number of hydrogen-bond acceptors (Lipinski definition) is 5. The lowest BCUT2D eigenvalue weighted by Crippen LogP contribution is -2.07. The summed E-state index contributed by atoms with van der Waals surface area (Å²) >= 11 is 0. The van der Waals surface area contributed by atoms with Gasteiger partial charge < -0.3 is 10.7 Å². The minimum Gasteiger partial charge on any atom is -0.366 e. The molecule has 0 saturated heterocycles. The predicted octanol–water partition coefficient (Wildman–Crippen LogP) is 3.37. The van der Waals surface area contributed by atoms with Crippen molar-refractivity contribution < 1.29 is 14.0 Å². The summed E-state index contributed by atoms with van der Waals surface area (Å²) in [6.45, 7) is 0. The fourth-order valence-corrected chi connectivity index (χ4v) is 3.09. The Bertz CT molecular complexity index is 1400. The van der Waals surface area contributed by atoms with Crippen LogP contribution in [-0.2, 0) is 4.79 Å². The van der Waals surface area contributed by atoms with Gasteiger partial charge in [0.1, 0.15) is 11.3 Å². The molecule has 4 aromatic rings. The predicted molar refractivity (Wildman–Crippen MR) is 112 cm³/mol. The van der Waals surface area contributed by atoms with Gasteiger partial charge in [-0.3, -0.25) is 9.59 Å². The molecule has 31 heavy (non-hydrogen) atoms. The van der Waals surface area contributed by atoms with E-state index < -0.39 is 17.5 Å². The van der Waals surface area contributed by atoms with E-state index in [1.54, 1.807) is 24.5 Å². The molecule has 0 bridgehead atoms. The number of hydrogen-bond donors (Lipinski definition) is 2. The molecule has 7 nitrogen and oxygen atoms in total. The number of nitrogens with one attached hydrogen (secondary N) is 1. The zero-order chi connectivity index (χ0) is 22.0. The van der Waals surface area contributed by atoms with Crippen molar-refractivity contribution in [1.82, 2.24) is 15.0 Å². The molecule has 150 valence electrons. The van der Waals surface area contributed by atoms with E-state index in [9.17, 15) is 14.0 Å². The van der Waals surface area contributed by atoms with Gasteiger partial charge in [-0.1, -0.05) is 0 Å². The van der Waals surface area contributed by atoms with E-state index >= 15 is 0 Å². The first-order valence-electron chi connectivity index (χ1n) is 9.11. The maximum Gasteiger partial charge on any atom is 0.241 e. The number of carbonyl (C=O) groups excluding carboxylic acids is 2. The number of amides is 1. The summed E-state index contributed by atoms with van der Waals surface area (Å²) in [5, 5.41) is 9.57. The Balaban J connectivity index is 1.68. The van der Waals surface area contributed by atoms with E-state index in [1.165, 1.54) is 42.6 Å². The number of carbonyl (C=O) groups is 2. The zero-order valence-electron chi connectivity index (χ0n) is 16.0. The van der Waals surface area contributed by atoms with Crippen molar-refractivity contribution >= 4 is 28.8 Å². The number of primary amides is 1. The first-order chi connectivity index (χ1) is 15.0. The number of nitrogens with zero attached hydrogens (tertiary/aromatic N) is 3. The lowest BCUT2D eigenvalue weighted by molar-refractivity contribution is -0.113. The standard InChI is InChI=1S/C23H14FN5O2/c24-19-8-17(11-27-21(19)22(31)14-3-1-13(9-25)2-4-14)16-7-18-15(5-6-20(26)30)10-28-23(18)29-12-16/h1-8,10-12H,(H2,26,30)(H,28,29). The molecule has 4 rings (SSSR count). The Morgan fingerprint density at radius 3 is 2.48 bits per heavy atom. The summed E-state index contributed by atoms with van der Waals surface area (Å²) in [5.74, 6) is -1.92. The molecule has 0 atom stereocenters. The minimum absolute atomic E-state index is 0.236. The molecule has 1 aromatic carbocycles. The number of nitrogens with two attached hydrogens (primary N) is 1. The molecular formula is C23H14FN5O2. The fourth-order valence-electron chi connectivity index (χ4n) is 3.09. The molecule has 8 heteroatoms. The van der Waals surface area contributed by atoms with Crippen molar-refractivity contribution in [3.05, 3.63) is 89.3 Å². The van der Waals surface area contributed by atoms with E-state index in [-0.39, 0.29) is 11.3 Å². The van der Waals surface area contributed by atoms with Gasteiger partial charge in [-0.05, 0) is 42.5 Å². The van der Waals surface area contributed by atoms with E-state index in [0.717, 1.165) is 0 Å². The Morgan fingerprint density at radius 1 is 1.10 bits per heavy atom. The molecule has 0 aliphatic heterocycles. The second kappa shape index (κ2) is 8.00. The second-order valence-corrected chi connectivity index (χ2v) is 6.67. The molecular weight excluding hydrogens is 397 g/mol. The van der Waals surface area contributed by atoms with Gasteiger partial charge in [0.2, 0.25) is 11.7 Å². The number of benzene rings is 1. The SMILES string of the molecule is N#Cc1ccc(C(=O)c2ncc(-c3cnc4[nH]cc(C=CC(N)=O)c4c3)cc2F)cc1. The van der Waals surface area contributed by atoms with Crippen LogP contribution in [0.25, 0.3) is 28.2 Å². The Labute approximate surface area is 175 Å². The number of fused-ring (bicyclic) bond motifs is 1. The molecule has 0 fully saturated rings. The lowest BCUT2D eigenvalue weighted by atomic mass is 10.0. The van der Waals surface area contributed by atoms with Crippen LogP contribution in [0.5, 0.6) is 0 Å². The summed E-state index contributed by atoms with van der Waals surface area (Å²) in [4.78, 5) is 34.9. The number of rotatable bonds is 5. The molecule has 3 aromatic heterocycles. The quantitative estimate of drug-likeness (QED) is 0.385. The number of nitriles is 1. The second-order valence-electron chi connectivity index (χ2n) is 6.67. The van der Waals surface area contributed by atoms with Gasteiger partial charge in [0.25, 0.3) is 0 Å². The molecule has 3 heterocycles. The van der Waals surface area contributed by atoms with Crippen molar-refractivity contribution in [2.75, 3.05) is 0 Å². The first-order valence-corrected chi connectivity index (χ1v) is 9.11. The molecule has 0 unspecified atom stereocenters. The Kier molecular flexibility index (Phi) is 5.08. The van der Waals surface area contributed by atoms with Gasteiger partial charge in [0.05, 0.1) is 11.6 Å². The summed E-state index contributed by atoms with van der Waals surface area (Å²) in [5.41, 5.74) is 7.78. The lowest BCUT2D eigenvalue weighted by Gasteiger charge is -2.06. The highest BCUT2D eigenvalue weighted by atomic mass is 19.1. The van der Waals surface area contributed by atoms with Gasteiger partial charge in [-0.2, -0.15) is 5.26 Å². The average molecular weight is 411 g/mol. The number of ketones is 1. The molecule has 3 N–H and O–H groups in total. The summed E-state index contributed by atoms with van der Waals surface area (Å²) in [6.07, 6.45) is 7.43. The third-order valence-corrected chi connectivity index (χ3v) is 4.66. The smallest absolute Gasteiger partial charge is 0.241 e. The minimum atomic E-state index is -0.769. The van der Waals surface area contributed by atoms with Gasteiger partial charge in [0.15, 0.2) is 5.82 Å². The normalized spacial score (nSPS) is 11.0. The number of pyridine rings is 2. The van der Waals surface area contributed by atoms with Crippen molar-refractivity contribution in [3.8, 4) is 17.2 Å². The van der Waals surface area contributed by atoms with Crippen LogP contribution in [0.2, 0.25) is 0 Å². The highest BCUT2D eigenvalue weighted by Crippen LogP contribution is 2.26. The molecule has 0 aliphatic rings. The molecule has 1 amide bonds. The van der Waals surface area contributed by atoms with Crippen LogP contribution in [0.3, 0.4) is 0 Å². The summed E-state index contributed by atoms with van der Waals surface area (Å²) < 4.78 is 14.7. The van der Waals surface area contributed by atoms with Crippen molar-refractivity contribution in [2.24, 2.45) is 5.73 Å². The number of H-pyrrole nitrogens is 1. The third kappa shape index (κ3) is 3.93. The maximum absolute atomic E-state index is 14.7. The topological polar surface area (TPSA) is 126 Å². The van der Waals surface area contributed by atoms with E-state index in [4.69, 9.17) is 11.0 Å². The number of aromatic amines is 1. The average Bonchev–Trinajstić information content (AvgIpc) is 3.19. The Morgan fingerprint density at radius 2 is 1.81 bits per heavy atom. The van der Waals surface area contributed by atoms with Crippen LogP contribution in [0.1, 0.15) is 27.2 Å². The van der Waals surface area contributed by atoms with Gasteiger partial charge in [0, 0.05) is 52.3 Å². The van der Waals surface area contributed by atoms with Crippen LogP contribution in [0, 0.1) is 17.1 Å². The van der Waals surface area contributed by atoms with Crippen LogP contribution in [0.4, 0.5) is 4.39 Å². The van der Waals surface area contributed by atoms with Crippen molar-refractivity contribution in [1.29, 1.82) is 5.26 Å². The van der Waals surface area contributed by atoms with Crippen molar-refractivity contribution in [2.45, 2.75) is 0 Å². The fraction of sp³-hybridized carbons (Fsp3) is 0. The van der Waals surface area contributed by atoms with Gasteiger partial charge in [-0.25, -0.2) is 14.4 Å². The van der Waals surface area contributed by atoms with Crippen LogP contribution in [-0.4, -0.2) is 26.6 Å². The third-order valence-electron chi connectivity index (χ3n) is 4.66. The van der Waals surface area contributed by atoms with Crippen LogP contribution in [0.15, 0.2) is 61.1 Å². The Hall–Kier alpha value is -4.64. The monoisotopic (exact) mass is 411 g/mol. The van der Waals surface area contributed by atoms with E-state index in [1.807, 2.05) is 6.07 Å². The number of aromatic nitrogens is 3. The summed E-state index contributed by atoms with van der Waals surface area (Å²) in [7, 11) is 0. The molecule has 0 radical (unpaired) electrons. The largest absolute Gasteiger partial charge is 0.366 e.